The summed E-state index contributed by atoms with van der Waals surface area (Å²) in [4.78, 5) is 0. The van der Waals surface area contributed by atoms with Crippen molar-refractivity contribution in [1.29, 1.82) is 0 Å². The van der Waals surface area contributed by atoms with E-state index < -0.39 is 0 Å². The molecule has 0 fully saturated rings. The summed E-state index contributed by atoms with van der Waals surface area (Å²) in [6.07, 6.45) is 5.22. The number of phenols is 2. The number of fused-ring (bicyclic) bond motifs is 5. The van der Waals surface area contributed by atoms with Crippen molar-refractivity contribution >= 4 is 21.5 Å². The maximum atomic E-state index is 8.96. The molecule has 0 unspecified atom stereocenters. The zero-order valence-corrected chi connectivity index (χ0v) is 15.6. The Morgan fingerprint density at radius 2 is 1.44 bits per heavy atom. The maximum absolute atomic E-state index is 8.96. The zero-order chi connectivity index (χ0) is 18.8. The second kappa shape index (κ2) is 7.32. The van der Waals surface area contributed by atoms with Crippen molar-refractivity contribution in [1.82, 2.24) is 0 Å². The van der Waals surface area contributed by atoms with Gasteiger partial charge in [-0.05, 0) is 76.9 Å². The topological polar surface area (TPSA) is 40.5 Å². The van der Waals surface area contributed by atoms with Gasteiger partial charge in [-0.3, -0.25) is 0 Å². The summed E-state index contributed by atoms with van der Waals surface area (Å²) < 4.78 is 0. The molecule has 2 nitrogen and oxygen atoms in total. The van der Waals surface area contributed by atoms with Gasteiger partial charge in [0.2, 0.25) is 0 Å². The van der Waals surface area contributed by atoms with Crippen molar-refractivity contribution in [3.05, 3.63) is 83.4 Å². The molecule has 0 saturated carbocycles. The Morgan fingerprint density at radius 1 is 0.667 bits per heavy atom. The fraction of sp³-hybridized carbons (Fsp3) is 0.200. The highest BCUT2D eigenvalue weighted by Crippen LogP contribution is 2.33. The van der Waals surface area contributed by atoms with E-state index in [0.29, 0.717) is 5.56 Å². The molecule has 0 aromatic heterocycles. The molecular formula is C25H24O2. The second-order valence-electron chi connectivity index (χ2n) is 7.23. The summed E-state index contributed by atoms with van der Waals surface area (Å²) in [5, 5.41) is 23.4. The van der Waals surface area contributed by atoms with Crippen LogP contribution < -0.4 is 0 Å². The lowest BCUT2D eigenvalue weighted by Crippen LogP contribution is -2.02. The maximum Gasteiger partial charge on any atom is 0.160 e. The SMILES string of the molecule is Cc1cccc(O)c1O.c1ccc2c(c1)ccc1c3c(ccc12)CCCC3. The summed E-state index contributed by atoms with van der Waals surface area (Å²) in [6, 6.07) is 22.8. The Balaban J connectivity index is 0.000000170. The van der Waals surface area contributed by atoms with Crippen LogP contribution in [0.3, 0.4) is 0 Å². The van der Waals surface area contributed by atoms with Crippen molar-refractivity contribution in [2.24, 2.45) is 0 Å². The van der Waals surface area contributed by atoms with Gasteiger partial charge in [0.05, 0.1) is 0 Å². The van der Waals surface area contributed by atoms with Crippen LogP contribution in [0.2, 0.25) is 0 Å². The van der Waals surface area contributed by atoms with Gasteiger partial charge in [0.1, 0.15) is 0 Å². The highest BCUT2D eigenvalue weighted by atomic mass is 16.3. The van der Waals surface area contributed by atoms with E-state index >= 15 is 0 Å². The van der Waals surface area contributed by atoms with Crippen molar-refractivity contribution < 1.29 is 10.2 Å². The number of aromatic hydroxyl groups is 2. The lowest BCUT2D eigenvalue weighted by Gasteiger charge is -2.18. The van der Waals surface area contributed by atoms with E-state index in [2.05, 4.69) is 48.5 Å². The van der Waals surface area contributed by atoms with Crippen LogP contribution in [-0.2, 0) is 12.8 Å². The third-order valence-electron chi connectivity index (χ3n) is 5.47. The van der Waals surface area contributed by atoms with Crippen LogP contribution in [0.25, 0.3) is 21.5 Å². The molecule has 0 heterocycles. The van der Waals surface area contributed by atoms with Crippen LogP contribution >= 0.6 is 0 Å². The van der Waals surface area contributed by atoms with Crippen LogP contribution in [0.15, 0.2) is 66.7 Å². The number of hydrogen-bond donors (Lipinski definition) is 2. The first-order valence-corrected chi connectivity index (χ1v) is 9.55. The van der Waals surface area contributed by atoms with Crippen LogP contribution in [0, 0.1) is 6.92 Å². The monoisotopic (exact) mass is 356 g/mol. The van der Waals surface area contributed by atoms with E-state index in [1.165, 1.54) is 53.3 Å². The lowest BCUT2D eigenvalue weighted by atomic mass is 9.86. The van der Waals surface area contributed by atoms with Gasteiger partial charge >= 0.3 is 0 Å². The average Bonchev–Trinajstić information content (AvgIpc) is 2.72. The van der Waals surface area contributed by atoms with Gasteiger partial charge in [-0.25, -0.2) is 0 Å². The number of rotatable bonds is 0. The Morgan fingerprint density at radius 3 is 2.26 bits per heavy atom. The van der Waals surface area contributed by atoms with E-state index in [-0.39, 0.29) is 11.5 Å². The first-order valence-electron chi connectivity index (χ1n) is 9.55. The van der Waals surface area contributed by atoms with Crippen molar-refractivity contribution in [3.63, 3.8) is 0 Å². The van der Waals surface area contributed by atoms with E-state index in [9.17, 15) is 0 Å². The highest BCUT2D eigenvalue weighted by Gasteiger charge is 2.13. The van der Waals surface area contributed by atoms with Crippen LogP contribution in [0.5, 0.6) is 11.5 Å². The molecule has 4 aromatic rings. The molecular weight excluding hydrogens is 332 g/mol. The molecule has 0 radical (unpaired) electrons. The smallest absolute Gasteiger partial charge is 0.160 e. The van der Waals surface area contributed by atoms with Crippen molar-refractivity contribution in [2.45, 2.75) is 32.6 Å². The van der Waals surface area contributed by atoms with Crippen LogP contribution in [-0.4, -0.2) is 10.2 Å². The van der Waals surface area contributed by atoms with E-state index in [0.717, 1.165) is 0 Å². The molecule has 0 atom stereocenters. The molecule has 0 bridgehead atoms. The molecule has 27 heavy (non-hydrogen) atoms. The van der Waals surface area contributed by atoms with Gasteiger partial charge in [-0.15, -0.1) is 0 Å². The molecule has 0 saturated heterocycles. The van der Waals surface area contributed by atoms with Gasteiger partial charge in [0.15, 0.2) is 11.5 Å². The Labute approximate surface area is 159 Å². The Hall–Kier alpha value is -3.00. The van der Waals surface area contributed by atoms with Gasteiger partial charge in [0, 0.05) is 0 Å². The predicted octanol–water partition coefficient (Wildman–Crippen LogP) is 6.28. The molecule has 1 aliphatic rings. The third-order valence-corrected chi connectivity index (χ3v) is 5.47. The largest absolute Gasteiger partial charge is 0.504 e. The van der Waals surface area contributed by atoms with Gasteiger partial charge in [-0.2, -0.15) is 0 Å². The fourth-order valence-corrected chi connectivity index (χ4v) is 3.99. The van der Waals surface area contributed by atoms with Crippen LogP contribution in [0.1, 0.15) is 29.5 Å². The summed E-state index contributed by atoms with van der Waals surface area (Å²) in [5.41, 5.74) is 3.86. The van der Waals surface area contributed by atoms with Gasteiger partial charge in [-0.1, -0.05) is 60.7 Å². The standard InChI is InChI=1S/C18H16.C7H8O2/c1-3-7-15-13(5-1)9-11-18-16-8-4-2-6-14(16)10-12-17(15)18;1-5-3-2-4-6(8)7(5)9/h1,3,5,7,9-12H,2,4,6,8H2;2-4,8-9H,1H3. The Bertz CT molecular complexity index is 1090. The second-order valence-corrected chi connectivity index (χ2v) is 7.23. The molecule has 0 aliphatic heterocycles. The number of para-hydroxylation sites is 1. The minimum atomic E-state index is -0.0602. The molecule has 2 heteroatoms. The lowest BCUT2D eigenvalue weighted by molar-refractivity contribution is 0.401. The predicted molar refractivity (Wildman–Crippen MR) is 113 cm³/mol. The highest BCUT2D eigenvalue weighted by molar-refractivity contribution is 6.08. The molecule has 4 aromatic carbocycles. The number of phenolic OH excluding ortho intramolecular Hbond substituents is 2. The number of aryl methyl sites for hydroxylation is 3. The van der Waals surface area contributed by atoms with E-state index in [4.69, 9.17) is 10.2 Å². The molecule has 136 valence electrons. The normalized spacial score (nSPS) is 13.1. The van der Waals surface area contributed by atoms with E-state index in [1.54, 1.807) is 30.2 Å². The molecule has 5 rings (SSSR count). The third kappa shape index (κ3) is 3.35. The summed E-state index contributed by atoms with van der Waals surface area (Å²) in [6.45, 7) is 1.73. The number of hydrogen-bond acceptors (Lipinski definition) is 2. The molecule has 0 amide bonds. The average molecular weight is 356 g/mol. The minimum absolute atomic E-state index is 0.0301. The van der Waals surface area contributed by atoms with Crippen molar-refractivity contribution in [2.75, 3.05) is 0 Å². The van der Waals surface area contributed by atoms with E-state index in [1.807, 2.05) is 0 Å². The van der Waals surface area contributed by atoms with Gasteiger partial charge in [0.25, 0.3) is 0 Å². The summed E-state index contributed by atoms with van der Waals surface area (Å²) >= 11 is 0. The minimum Gasteiger partial charge on any atom is -0.504 e. The molecule has 0 spiro atoms. The fourth-order valence-electron chi connectivity index (χ4n) is 3.99. The van der Waals surface area contributed by atoms with Crippen LogP contribution in [0.4, 0.5) is 0 Å². The molecule has 2 N–H and O–H groups in total. The summed E-state index contributed by atoms with van der Waals surface area (Å²) in [5.74, 6) is -0.0903. The molecule has 1 aliphatic carbocycles. The number of benzene rings is 4. The Kier molecular flexibility index (Phi) is 4.72. The quantitative estimate of drug-likeness (QED) is 0.288. The summed E-state index contributed by atoms with van der Waals surface area (Å²) in [7, 11) is 0. The van der Waals surface area contributed by atoms with Crippen molar-refractivity contribution in [3.8, 4) is 11.5 Å². The first-order chi connectivity index (χ1) is 13.1. The van der Waals surface area contributed by atoms with Gasteiger partial charge < -0.3 is 10.2 Å². The zero-order valence-electron chi connectivity index (χ0n) is 15.6. The first kappa shape index (κ1) is 17.4.